The summed E-state index contributed by atoms with van der Waals surface area (Å²) >= 11 is 0. The topological polar surface area (TPSA) is 50.8 Å². The van der Waals surface area contributed by atoms with E-state index >= 15 is 0 Å². The van der Waals surface area contributed by atoms with Crippen molar-refractivity contribution in [3.05, 3.63) is 0 Å². The summed E-state index contributed by atoms with van der Waals surface area (Å²) in [5.41, 5.74) is 0. The van der Waals surface area contributed by atoms with E-state index in [9.17, 15) is 4.79 Å². The fourth-order valence-electron chi connectivity index (χ4n) is 1.55. The molecule has 0 aromatic carbocycles. The van der Waals surface area contributed by atoms with Crippen molar-refractivity contribution in [1.29, 1.82) is 0 Å². The summed E-state index contributed by atoms with van der Waals surface area (Å²) in [5, 5.41) is 3.29. The van der Waals surface area contributed by atoms with E-state index in [4.69, 9.17) is 9.47 Å². The smallest absolute Gasteiger partial charge is 0.248 e. The Balaban J connectivity index is 0.00000225. The molecule has 0 aliphatic carbocycles. The molecule has 0 saturated carbocycles. The van der Waals surface area contributed by atoms with Gasteiger partial charge in [-0.15, -0.1) is 12.4 Å². The maximum absolute atomic E-state index is 11.6. The summed E-state index contributed by atoms with van der Waals surface area (Å²) in [6.07, 6.45) is 0. The summed E-state index contributed by atoms with van der Waals surface area (Å²) in [6, 6.07) is 0.377. The van der Waals surface area contributed by atoms with Crippen LogP contribution in [0.3, 0.4) is 0 Å². The van der Waals surface area contributed by atoms with Gasteiger partial charge >= 0.3 is 0 Å². The number of halogens is 1. The molecule has 16 heavy (non-hydrogen) atoms. The van der Waals surface area contributed by atoms with E-state index < -0.39 is 0 Å². The molecule has 1 saturated heterocycles. The van der Waals surface area contributed by atoms with Gasteiger partial charge in [-0.3, -0.25) is 4.79 Å². The molecule has 1 aliphatic heterocycles. The van der Waals surface area contributed by atoms with E-state index in [2.05, 4.69) is 12.2 Å². The third-order valence-corrected chi connectivity index (χ3v) is 2.38. The zero-order valence-electron chi connectivity index (χ0n) is 9.90. The molecular formula is C10H21ClN2O3. The van der Waals surface area contributed by atoms with Gasteiger partial charge in [0, 0.05) is 32.8 Å². The van der Waals surface area contributed by atoms with Gasteiger partial charge in [0.1, 0.15) is 6.61 Å². The van der Waals surface area contributed by atoms with Crippen molar-refractivity contribution in [3.8, 4) is 0 Å². The molecule has 0 radical (unpaired) electrons. The minimum atomic E-state index is 0. The lowest BCUT2D eigenvalue weighted by molar-refractivity contribution is -0.137. The van der Waals surface area contributed by atoms with Crippen LogP contribution in [0.15, 0.2) is 0 Å². The zero-order valence-corrected chi connectivity index (χ0v) is 10.7. The molecule has 6 heteroatoms. The van der Waals surface area contributed by atoms with Gasteiger partial charge in [0.05, 0.1) is 13.2 Å². The molecule has 0 spiro atoms. The van der Waals surface area contributed by atoms with Crippen LogP contribution in [-0.4, -0.2) is 63.4 Å². The van der Waals surface area contributed by atoms with Crippen molar-refractivity contribution >= 4 is 18.3 Å². The lowest BCUT2D eigenvalue weighted by Crippen LogP contribution is -2.52. The average Bonchev–Trinajstić information content (AvgIpc) is 2.24. The molecule has 1 N–H and O–H groups in total. The second-order valence-electron chi connectivity index (χ2n) is 3.74. The number of carbonyl (C=O) groups excluding carboxylic acids is 1. The van der Waals surface area contributed by atoms with E-state index in [1.165, 1.54) is 0 Å². The summed E-state index contributed by atoms with van der Waals surface area (Å²) in [6.45, 7) is 5.66. The maximum atomic E-state index is 11.6. The van der Waals surface area contributed by atoms with Crippen LogP contribution < -0.4 is 5.32 Å². The first-order valence-electron chi connectivity index (χ1n) is 5.32. The minimum Gasteiger partial charge on any atom is -0.382 e. The molecule has 0 bridgehead atoms. The number of piperazine rings is 1. The fourth-order valence-corrected chi connectivity index (χ4v) is 1.55. The molecule has 5 nitrogen and oxygen atoms in total. The van der Waals surface area contributed by atoms with Crippen LogP contribution in [0.5, 0.6) is 0 Å². The first-order chi connectivity index (χ1) is 7.24. The van der Waals surface area contributed by atoms with E-state index in [0.717, 1.165) is 19.6 Å². The molecule has 0 aromatic rings. The van der Waals surface area contributed by atoms with Crippen LogP contribution in [0.2, 0.25) is 0 Å². The van der Waals surface area contributed by atoms with E-state index in [1.54, 1.807) is 7.11 Å². The Morgan fingerprint density at radius 2 is 2.25 bits per heavy atom. The van der Waals surface area contributed by atoms with Crippen LogP contribution in [0, 0.1) is 0 Å². The monoisotopic (exact) mass is 252 g/mol. The van der Waals surface area contributed by atoms with Gasteiger partial charge in [0.2, 0.25) is 5.91 Å². The molecule has 1 atom stereocenters. The number of hydrogen-bond donors (Lipinski definition) is 1. The lowest BCUT2D eigenvalue weighted by atomic mass is 10.2. The standard InChI is InChI=1S/C10H20N2O3.ClH/c1-9-7-12(4-3-11-9)10(13)8-15-6-5-14-2;/h9,11H,3-8H2,1-2H3;1H/t9-;/m0./s1. The van der Waals surface area contributed by atoms with Gasteiger partial charge in [-0.1, -0.05) is 0 Å². The number of nitrogens with zero attached hydrogens (tertiary/aromatic N) is 1. The second-order valence-corrected chi connectivity index (χ2v) is 3.74. The van der Waals surface area contributed by atoms with Gasteiger partial charge in [-0.05, 0) is 6.92 Å². The largest absolute Gasteiger partial charge is 0.382 e. The summed E-state index contributed by atoms with van der Waals surface area (Å²) in [4.78, 5) is 13.5. The van der Waals surface area contributed by atoms with Crippen molar-refractivity contribution in [2.24, 2.45) is 0 Å². The first-order valence-corrected chi connectivity index (χ1v) is 5.32. The molecule has 1 heterocycles. The van der Waals surface area contributed by atoms with Gasteiger partial charge < -0.3 is 19.7 Å². The van der Waals surface area contributed by atoms with Crippen LogP contribution in [-0.2, 0) is 14.3 Å². The first kappa shape index (κ1) is 15.6. The SMILES string of the molecule is COCCOCC(=O)N1CCN[C@@H](C)C1.Cl. The highest BCUT2D eigenvalue weighted by Crippen LogP contribution is 1.99. The van der Waals surface area contributed by atoms with E-state index in [-0.39, 0.29) is 24.9 Å². The Bertz CT molecular complexity index is 205. The van der Waals surface area contributed by atoms with Gasteiger partial charge in [-0.25, -0.2) is 0 Å². The highest BCUT2D eigenvalue weighted by molar-refractivity contribution is 5.85. The number of amides is 1. The maximum Gasteiger partial charge on any atom is 0.248 e. The number of hydrogen-bond acceptors (Lipinski definition) is 4. The van der Waals surface area contributed by atoms with Gasteiger partial charge in [-0.2, -0.15) is 0 Å². The number of methoxy groups -OCH3 is 1. The molecule has 96 valence electrons. The Hall–Kier alpha value is -0.360. The summed E-state index contributed by atoms with van der Waals surface area (Å²) < 4.78 is 10.0. The second kappa shape index (κ2) is 8.75. The fraction of sp³-hybridized carbons (Fsp3) is 0.900. The number of rotatable bonds is 5. The van der Waals surface area contributed by atoms with E-state index in [0.29, 0.717) is 19.3 Å². The number of ether oxygens (including phenoxy) is 2. The molecule has 0 aromatic heterocycles. The Kier molecular flexibility index (Phi) is 8.56. The zero-order chi connectivity index (χ0) is 11.1. The third-order valence-electron chi connectivity index (χ3n) is 2.38. The Labute approximate surface area is 103 Å². The Morgan fingerprint density at radius 3 is 2.88 bits per heavy atom. The molecule has 1 fully saturated rings. The van der Waals surface area contributed by atoms with Crippen molar-refractivity contribution in [2.75, 3.05) is 46.6 Å². The number of nitrogens with one attached hydrogen (secondary N) is 1. The van der Waals surface area contributed by atoms with Crippen molar-refractivity contribution < 1.29 is 14.3 Å². The van der Waals surface area contributed by atoms with Crippen LogP contribution in [0.25, 0.3) is 0 Å². The van der Waals surface area contributed by atoms with E-state index in [1.807, 2.05) is 4.90 Å². The molecular weight excluding hydrogens is 232 g/mol. The van der Waals surface area contributed by atoms with Gasteiger partial charge in [0.15, 0.2) is 0 Å². The summed E-state index contributed by atoms with van der Waals surface area (Å²) in [7, 11) is 1.61. The lowest BCUT2D eigenvalue weighted by Gasteiger charge is -2.31. The van der Waals surface area contributed by atoms with Crippen LogP contribution in [0.4, 0.5) is 0 Å². The van der Waals surface area contributed by atoms with Gasteiger partial charge in [0.25, 0.3) is 0 Å². The normalized spacial score (nSPS) is 20.4. The number of carbonyl (C=O) groups is 1. The molecule has 1 aliphatic rings. The minimum absolute atomic E-state index is 0. The highest BCUT2D eigenvalue weighted by Gasteiger charge is 2.19. The molecule has 0 unspecified atom stereocenters. The van der Waals surface area contributed by atoms with Crippen molar-refractivity contribution in [2.45, 2.75) is 13.0 Å². The van der Waals surface area contributed by atoms with Crippen LogP contribution >= 0.6 is 12.4 Å². The average molecular weight is 253 g/mol. The Morgan fingerprint density at radius 1 is 1.50 bits per heavy atom. The molecule has 1 rings (SSSR count). The summed E-state index contributed by atoms with van der Waals surface area (Å²) in [5.74, 6) is 0.0689. The van der Waals surface area contributed by atoms with Crippen molar-refractivity contribution in [3.63, 3.8) is 0 Å². The third kappa shape index (κ3) is 5.65. The molecule has 1 amide bonds. The highest BCUT2D eigenvalue weighted by atomic mass is 35.5. The predicted octanol–water partition coefficient (Wildman–Crippen LogP) is -0.108. The quantitative estimate of drug-likeness (QED) is 0.694. The van der Waals surface area contributed by atoms with Crippen LogP contribution in [0.1, 0.15) is 6.92 Å². The predicted molar refractivity (Wildman–Crippen MR) is 64.0 cm³/mol. The van der Waals surface area contributed by atoms with Crippen molar-refractivity contribution in [1.82, 2.24) is 10.2 Å².